The molecule has 0 atom stereocenters. The van der Waals surface area contributed by atoms with Crippen LogP contribution in [0.25, 0.3) is 0 Å². The van der Waals surface area contributed by atoms with Gasteiger partial charge < -0.3 is 4.90 Å². The van der Waals surface area contributed by atoms with Crippen molar-refractivity contribution in [3.8, 4) is 0 Å². The number of halogens is 1. The van der Waals surface area contributed by atoms with Gasteiger partial charge >= 0.3 is 0 Å². The predicted octanol–water partition coefficient (Wildman–Crippen LogP) is 2.69. The topological polar surface area (TPSA) is 3.24 Å². The molecule has 0 saturated carbocycles. The number of piperidine rings is 1. The molecule has 1 saturated heterocycles. The average Bonchev–Trinajstić information content (AvgIpc) is 2.07. The van der Waals surface area contributed by atoms with Crippen molar-refractivity contribution in [2.45, 2.75) is 32.1 Å². The SMILES string of the molecule is ICCCCN1CCCCC1. The lowest BCUT2D eigenvalue weighted by atomic mass is 10.1. The minimum atomic E-state index is 1.32. The summed E-state index contributed by atoms with van der Waals surface area (Å²) in [6.45, 7) is 4.07. The van der Waals surface area contributed by atoms with Gasteiger partial charge in [0.2, 0.25) is 0 Å². The summed E-state index contributed by atoms with van der Waals surface area (Å²) in [5.74, 6) is 0. The molecule has 2 heteroatoms. The van der Waals surface area contributed by atoms with E-state index in [0.717, 1.165) is 0 Å². The van der Waals surface area contributed by atoms with Crippen LogP contribution in [0.1, 0.15) is 32.1 Å². The van der Waals surface area contributed by atoms with Gasteiger partial charge in [-0.2, -0.15) is 0 Å². The third-order valence-electron chi connectivity index (χ3n) is 2.31. The van der Waals surface area contributed by atoms with Gasteiger partial charge in [-0.1, -0.05) is 29.0 Å². The van der Waals surface area contributed by atoms with Crippen LogP contribution >= 0.6 is 22.6 Å². The first-order valence-electron chi connectivity index (χ1n) is 4.72. The lowest BCUT2D eigenvalue weighted by molar-refractivity contribution is 0.226. The number of alkyl halides is 1. The van der Waals surface area contributed by atoms with Crippen LogP contribution in [0, 0.1) is 0 Å². The highest BCUT2D eigenvalue weighted by Gasteiger charge is 2.08. The van der Waals surface area contributed by atoms with E-state index in [9.17, 15) is 0 Å². The Labute approximate surface area is 83.7 Å². The van der Waals surface area contributed by atoms with Crippen molar-refractivity contribution in [3.05, 3.63) is 0 Å². The normalized spacial score (nSPS) is 20.5. The molecule has 0 amide bonds. The summed E-state index contributed by atoms with van der Waals surface area (Å²) in [6.07, 6.45) is 7.14. The van der Waals surface area contributed by atoms with E-state index in [1.54, 1.807) is 0 Å². The highest BCUT2D eigenvalue weighted by molar-refractivity contribution is 14.1. The zero-order chi connectivity index (χ0) is 7.94. The van der Waals surface area contributed by atoms with Crippen LogP contribution in [0.3, 0.4) is 0 Å². The van der Waals surface area contributed by atoms with E-state index in [-0.39, 0.29) is 0 Å². The van der Waals surface area contributed by atoms with Gasteiger partial charge in [-0.3, -0.25) is 0 Å². The summed E-state index contributed by atoms with van der Waals surface area (Å²) in [6, 6.07) is 0. The van der Waals surface area contributed by atoms with E-state index in [1.807, 2.05) is 0 Å². The first kappa shape index (κ1) is 9.78. The predicted molar refractivity (Wildman–Crippen MR) is 58.4 cm³/mol. The van der Waals surface area contributed by atoms with Gasteiger partial charge in [-0.15, -0.1) is 0 Å². The highest BCUT2D eigenvalue weighted by Crippen LogP contribution is 2.09. The minimum absolute atomic E-state index is 1.32. The number of likely N-dealkylation sites (tertiary alicyclic amines) is 1. The van der Waals surface area contributed by atoms with Crippen molar-refractivity contribution in [1.29, 1.82) is 0 Å². The maximum absolute atomic E-state index is 2.62. The lowest BCUT2D eigenvalue weighted by Gasteiger charge is -2.26. The molecule has 0 radical (unpaired) electrons. The van der Waals surface area contributed by atoms with Crippen LogP contribution in [0.4, 0.5) is 0 Å². The van der Waals surface area contributed by atoms with E-state index in [2.05, 4.69) is 27.5 Å². The van der Waals surface area contributed by atoms with Crippen molar-refractivity contribution in [2.75, 3.05) is 24.1 Å². The Hall–Kier alpha value is 0.690. The van der Waals surface area contributed by atoms with Crippen molar-refractivity contribution in [3.63, 3.8) is 0 Å². The summed E-state index contributed by atoms with van der Waals surface area (Å²) in [5, 5.41) is 0. The molecule has 1 nitrogen and oxygen atoms in total. The Morgan fingerprint density at radius 1 is 1.00 bits per heavy atom. The quantitative estimate of drug-likeness (QED) is 0.430. The van der Waals surface area contributed by atoms with E-state index >= 15 is 0 Å². The molecular weight excluding hydrogens is 249 g/mol. The third kappa shape index (κ3) is 4.31. The Morgan fingerprint density at radius 2 is 1.73 bits per heavy atom. The molecule has 1 aliphatic heterocycles. The van der Waals surface area contributed by atoms with Crippen LogP contribution in [-0.2, 0) is 0 Å². The monoisotopic (exact) mass is 267 g/mol. The van der Waals surface area contributed by atoms with E-state index in [4.69, 9.17) is 0 Å². The van der Waals surface area contributed by atoms with Crippen molar-refractivity contribution in [1.82, 2.24) is 4.90 Å². The molecule has 1 fully saturated rings. The fourth-order valence-electron chi connectivity index (χ4n) is 1.61. The second kappa shape index (κ2) is 6.23. The summed E-state index contributed by atoms with van der Waals surface area (Å²) < 4.78 is 1.32. The molecule has 0 unspecified atom stereocenters. The zero-order valence-electron chi connectivity index (χ0n) is 7.19. The standard InChI is InChI=1S/C9H18IN/c10-6-2-5-9-11-7-3-1-4-8-11/h1-9H2. The van der Waals surface area contributed by atoms with Gasteiger partial charge in [0.15, 0.2) is 0 Å². The van der Waals surface area contributed by atoms with Crippen molar-refractivity contribution >= 4 is 22.6 Å². The molecule has 1 heterocycles. The van der Waals surface area contributed by atoms with Crippen LogP contribution in [0.5, 0.6) is 0 Å². The summed E-state index contributed by atoms with van der Waals surface area (Å²) in [5.41, 5.74) is 0. The van der Waals surface area contributed by atoms with Gasteiger partial charge in [-0.05, 0) is 49.7 Å². The largest absolute Gasteiger partial charge is 0.303 e. The second-order valence-corrected chi connectivity index (χ2v) is 4.38. The van der Waals surface area contributed by atoms with Crippen LogP contribution in [-0.4, -0.2) is 29.0 Å². The Morgan fingerprint density at radius 3 is 2.36 bits per heavy atom. The van der Waals surface area contributed by atoms with Gasteiger partial charge in [0.05, 0.1) is 0 Å². The maximum Gasteiger partial charge on any atom is -0.000425 e. The van der Waals surface area contributed by atoms with Gasteiger partial charge in [0, 0.05) is 0 Å². The molecule has 11 heavy (non-hydrogen) atoms. The highest BCUT2D eigenvalue weighted by atomic mass is 127. The molecule has 66 valence electrons. The molecule has 0 aliphatic carbocycles. The zero-order valence-corrected chi connectivity index (χ0v) is 9.35. The first-order valence-corrected chi connectivity index (χ1v) is 6.24. The number of rotatable bonds is 4. The van der Waals surface area contributed by atoms with Gasteiger partial charge in [0.25, 0.3) is 0 Å². The molecule has 0 aromatic heterocycles. The molecule has 0 aromatic rings. The molecule has 0 aromatic carbocycles. The number of hydrogen-bond donors (Lipinski definition) is 0. The van der Waals surface area contributed by atoms with E-state index in [1.165, 1.54) is 56.2 Å². The van der Waals surface area contributed by atoms with Crippen LogP contribution < -0.4 is 0 Å². The Kier molecular flexibility index (Phi) is 5.54. The van der Waals surface area contributed by atoms with Crippen molar-refractivity contribution < 1.29 is 0 Å². The second-order valence-electron chi connectivity index (χ2n) is 3.30. The maximum atomic E-state index is 2.62. The first-order chi connectivity index (χ1) is 5.43. The fourth-order valence-corrected chi connectivity index (χ4v) is 2.15. The van der Waals surface area contributed by atoms with Crippen molar-refractivity contribution in [2.24, 2.45) is 0 Å². The molecule has 0 spiro atoms. The summed E-state index contributed by atoms with van der Waals surface area (Å²) in [4.78, 5) is 2.62. The lowest BCUT2D eigenvalue weighted by Crippen LogP contribution is -2.30. The number of nitrogens with zero attached hydrogens (tertiary/aromatic N) is 1. The number of hydrogen-bond acceptors (Lipinski definition) is 1. The van der Waals surface area contributed by atoms with Gasteiger partial charge in [0.1, 0.15) is 0 Å². The third-order valence-corrected chi connectivity index (χ3v) is 3.07. The molecular formula is C9H18IN. The minimum Gasteiger partial charge on any atom is -0.303 e. The molecule has 0 bridgehead atoms. The molecule has 1 aliphatic rings. The van der Waals surface area contributed by atoms with Crippen LogP contribution in [0.15, 0.2) is 0 Å². The molecule has 1 rings (SSSR count). The fraction of sp³-hybridized carbons (Fsp3) is 1.00. The van der Waals surface area contributed by atoms with E-state index < -0.39 is 0 Å². The van der Waals surface area contributed by atoms with Crippen LogP contribution in [0.2, 0.25) is 0 Å². The summed E-state index contributed by atoms with van der Waals surface area (Å²) in [7, 11) is 0. The molecule has 0 N–H and O–H groups in total. The smallest absolute Gasteiger partial charge is 0.000425 e. The summed E-state index contributed by atoms with van der Waals surface area (Å²) >= 11 is 2.46. The van der Waals surface area contributed by atoms with Gasteiger partial charge in [-0.25, -0.2) is 0 Å². The van der Waals surface area contributed by atoms with E-state index in [0.29, 0.717) is 0 Å². The Balaban J connectivity index is 1.96. The Bertz CT molecular complexity index is 89.6. The number of unbranched alkanes of at least 4 members (excludes halogenated alkanes) is 1. The average molecular weight is 267 g/mol.